The number of rotatable bonds is 6. The Morgan fingerprint density at radius 2 is 1.88 bits per heavy atom. The number of Topliss-reactive ketones (excluding diaryl/α,β-unsaturated/α-hetero) is 1. The topological polar surface area (TPSA) is 65.5 Å². The van der Waals surface area contributed by atoms with Gasteiger partial charge in [-0.25, -0.2) is 9.78 Å². The highest BCUT2D eigenvalue weighted by atomic mass is 32.1. The zero-order valence-electron chi connectivity index (χ0n) is 13.5. The first-order valence-corrected chi connectivity index (χ1v) is 8.35. The van der Waals surface area contributed by atoms with Crippen LogP contribution in [-0.4, -0.2) is 30.5 Å². The molecule has 6 heteroatoms. The minimum Gasteiger partial charge on any atom is -0.497 e. The molecule has 0 aliphatic rings. The quantitative estimate of drug-likeness (QED) is 0.384. The van der Waals surface area contributed by atoms with Crippen LogP contribution < -0.4 is 4.74 Å². The van der Waals surface area contributed by atoms with Gasteiger partial charge in [-0.2, -0.15) is 0 Å². The lowest BCUT2D eigenvalue weighted by Crippen LogP contribution is -2.12. The van der Waals surface area contributed by atoms with E-state index in [4.69, 9.17) is 9.47 Å². The van der Waals surface area contributed by atoms with E-state index < -0.39 is 5.97 Å². The molecule has 0 radical (unpaired) electrons. The summed E-state index contributed by atoms with van der Waals surface area (Å²) in [5, 5.41) is 0.708. The molecule has 1 heterocycles. The van der Waals surface area contributed by atoms with Crippen molar-refractivity contribution in [1.82, 2.24) is 4.98 Å². The van der Waals surface area contributed by atoms with Gasteiger partial charge in [0.2, 0.25) is 0 Å². The van der Waals surface area contributed by atoms with Crippen LogP contribution >= 0.6 is 11.3 Å². The smallest absolute Gasteiger partial charge is 0.331 e. The Bertz CT molecular complexity index is 895. The second-order valence-corrected chi connectivity index (χ2v) is 6.17. The molecule has 126 valence electrons. The van der Waals surface area contributed by atoms with E-state index in [1.165, 1.54) is 17.4 Å². The van der Waals surface area contributed by atoms with E-state index >= 15 is 0 Å². The monoisotopic (exact) mass is 353 g/mol. The number of benzene rings is 2. The van der Waals surface area contributed by atoms with Crippen molar-refractivity contribution in [1.29, 1.82) is 0 Å². The Morgan fingerprint density at radius 1 is 1.12 bits per heavy atom. The number of carbonyl (C=O) groups excluding carboxylic acids is 2. The number of esters is 1. The van der Waals surface area contributed by atoms with E-state index in [1.807, 2.05) is 24.3 Å². The molecular weight excluding hydrogens is 338 g/mol. The van der Waals surface area contributed by atoms with Crippen LogP contribution in [0.5, 0.6) is 5.75 Å². The Labute approximate surface area is 148 Å². The van der Waals surface area contributed by atoms with Crippen molar-refractivity contribution in [2.75, 3.05) is 13.7 Å². The van der Waals surface area contributed by atoms with Gasteiger partial charge in [-0.1, -0.05) is 12.1 Å². The summed E-state index contributed by atoms with van der Waals surface area (Å²) in [6.07, 6.45) is 2.86. The Hall–Kier alpha value is -2.99. The van der Waals surface area contributed by atoms with Crippen LogP contribution in [0.3, 0.4) is 0 Å². The number of hydrogen-bond acceptors (Lipinski definition) is 6. The van der Waals surface area contributed by atoms with Crippen LogP contribution in [0.1, 0.15) is 15.4 Å². The van der Waals surface area contributed by atoms with E-state index in [0.717, 1.165) is 10.2 Å². The zero-order valence-corrected chi connectivity index (χ0v) is 14.3. The van der Waals surface area contributed by atoms with Crippen molar-refractivity contribution < 1.29 is 19.1 Å². The third-order valence-electron chi connectivity index (χ3n) is 3.43. The average Bonchev–Trinajstić information content (AvgIpc) is 3.07. The predicted octanol–water partition coefficient (Wildman–Crippen LogP) is 3.74. The normalized spacial score (nSPS) is 10.9. The minimum absolute atomic E-state index is 0.274. The van der Waals surface area contributed by atoms with E-state index in [1.54, 1.807) is 37.5 Å². The van der Waals surface area contributed by atoms with Crippen molar-refractivity contribution in [3.63, 3.8) is 0 Å². The maximum atomic E-state index is 12.0. The van der Waals surface area contributed by atoms with Gasteiger partial charge in [-0.15, -0.1) is 11.3 Å². The molecule has 2 aromatic carbocycles. The number of ether oxygens (including phenoxy) is 2. The molecule has 0 spiro atoms. The molecule has 25 heavy (non-hydrogen) atoms. The first-order chi connectivity index (χ1) is 12.2. The average molecular weight is 353 g/mol. The second-order valence-electron chi connectivity index (χ2n) is 5.11. The van der Waals surface area contributed by atoms with E-state index in [0.29, 0.717) is 16.3 Å². The van der Waals surface area contributed by atoms with Gasteiger partial charge in [-0.05, 0) is 42.5 Å². The van der Waals surface area contributed by atoms with Crippen molar-refractivity contribution in [2.24, 2.45) is 0 Å². The molecule has 0 aliphatic heterocycles. The fourth-order valence-electron chi connectivity index (χ4n) is 2.15. The number of para-hydroxylation sites is 1. The fourth-order valence-corrected chi connectivity index (χ4v) is 3.02. The molecule has 0 unspecified atom stereocenters. The van der Waals surface area contributed by atoms with Gasteiger partial charge in [0.15, 0.2) is 12.4 Å². The van der Waals surface area contributed by atoms with E-state index in [2.05, 4.69) is 4.98 Å². The van der Waals surface area contributed by atoms with Gasteiger partial charge in [0.1, 0.15) is 10.8 Å². The Morgan fingerprint density at radius 3 is 2.60 bits per heavy atom. The summed E-state index contributed by atoms with van der Waals surface area (Å²) in [6.45, 7) is -0.310. The molecule has 0 amide bonds. The molecular formula is C19H15NO4S. The number of ketones is 1. The van der Waals surface area contributed by atoms with Crippen LogP contribution in [0, 0.1) is 0 Å². The maximum Gasteiger partial charge on any atom is 0.331 e. The van der Waals surface area contributed by atoms with Crippen LogP contribution in [0.15, 0.2) is 54.6 Å². The van der Waals surface area contributed by atoms with Gasteiger partial charge in [0.05, 0.1) is 17.3 Å². The van der Waals surface area contributed by atoms with Crippen LogP contribution in [-0.2, 0) is 9.53 Å². The molecule has 3 aromatic rings. The standard InChI is InChI=1S/C19H15NO4S/c1-23-14-8-6-13(7-9-14)16(21)12-24-19(22)11-10-18-20-15-4-2-3-5-17(15)25-18/h2-11H,12H2,1H3/b11-10+. The number of methoxy groups -OCH3 is 1. The second kappa shape index (κ2) is 7.72. The number of carbonyl (C=O) groups is 2. The third-order valence-corrected chi connectivity index (χ3v) is 4.43. The van der Waals surface area contributed by atoms with Crippen LogP contribution in [0.4, 0.5) is 0 Å². The van der Waals surface area contributed by atoms with E-state index in [9.17, 15) is 9.59 Å². The number of nitrogens with zero attached hydrogens (tertiary/aromatic N) is 1. The first kappa shape index (κ1) is 16.9. The Kier molecular flexibility index (Phi) is 5.20. The fraction of sp³-hybridized carbons (Fsp3) is 0.105. The number of thiazole rings is 1. The Balaban J connectivity index is 1.55. The molecule has 0 saturated carbocycles. The summed E-state index contributed by atoms with van der Waals surface area (Å²) in [5.74, 6) is -0.196. The van der Waals surface area contributed by atoms with Crippen LogP contribution in [0.2, 0.25) is 0 Å². The summed E-state index contributed by atoms with van der Waals surface area (Å²) in [5.41, 5.74) is 1.35. The molecule has 0 fully saturated rings. The number of fused-ring (bicyclic) bond motifs is 1. The highest BCUT2D eigenvalue weighted by Crippen LogP contribution is 2.22. The molecule has 0 atom stereocenters. The third kappa shape index (κ3) is 4.30. The van der Waals surface area contributed by atoms with Crippen LogP contribution in [0.25, 0.3) is 16.3 Å². The van der Waals surface area contributed by atoms with Gasteiger partial charge >= 0.3 is 5.97 Å². The molecule has 3 rings (SSSR count). The van der Waals surface area contributed by atoms with Crippen molar-refractivity contribution in [3.8, 4) is 5.75 Å². The molecule has 0 N–H and O–H groups in total. The highest BCUT2D eigenvalue weighted by Gasteiger charge is 2.09. The van der Waals surface area contributed by atoms with Gasteiger partial charge in [0, 0.05) is 11.6 Å². The summed E-state index contributed by atoms with van der Waals surface area (Å²) in [6, 6.07) is 14.4. The number of hydrogen-bond donors (Lipinski definition) is 0. The molecule has 0 bridgehead atoms. The highest BCUT2D eigenvalue weighted by molar-refractivity contribution is 7.19. The maximum absolute atomic E-state index is 12.0. The van der Waals surface area contributed by atoms with Gasteiger partial charge in [0.25, 0.3) is 0 Å². The summed E-state index contributed by atoms with van der Waals surface area (Å²) < 4.78 is 11.1. The molecule has 5 nitrogen and oxygen atoms in total. The first-order valence-electron chi connectivity index (χ1n) is 7.53. The van der Waals surface area contributed by atoms with Gasteiger partial charge in [-0.3, -0.25) is 4.79 Å². The molecule has 1 aromatic heterocycles. The lowest BCUT2D eigenvalue weighted by Gasteiger charge is -2.03. The summed E-state index contributed by atoms with van der Waals surface area (Å²) in [4.78, 5) is 28.1. The largest absolute Gasteiger partial charge is 0.497 e. The summed E-state index contributed by atoms with van der Waals surface area (Å²) in [7, 11) is 1.55. The van der Waals surface area contributed by atoms with Crippen molar-refractivity contribution >= 4 is 39.4 Å². The van der Waals surface area contributed by atoms with Crippen molar-refractivity contribution in [3.05, 3.63) is 65.2 Å². The van der Waals surface area contributed by atoms with Crippen molar-refractivity contribution in [2.45, 2.75) is 0 Å². The lowest BCUT2D eigenvalue weighted by molar-refractivity contribution is -0.136. The summed E-state index contributed by atoms with van der Waals surface area (Å²) >= 11 is 1.48. The zero-order chi connectivity index (χ0) is 17.6. The SMILES string of the molecule is COc1ccc(C(=O)COC(=O)/C=C/c2nc3ccccc3s2)cc1. The minimum atomic E-state index is -0.582. The molecule has 0 aliphatic carbocycles. The molecule has 0 saturated heterocycles. The number of aromatic nitrogens is 1. The van der Waals surface area contributed by atoms with Gasteiger partial charge < -0.3 is 9.47 Å². The van der Waals surface area contributed by atoms with E-state index in [-0.39, 0.29) is 12.4 Å². The predicted molar refractivity (Wildman–Crippen MR) is 96.9 cm³/mol. The lowest BCUT2D eigenvalue weighted by atomic mass is 10.1.